The number of nitrogens with zero attached hydrogens (tertiary/aromatic N) is 2. The summed E-state index contributed by atoms with van der Waals surface area (Å²) in [5, 5.41) is 9.67. The number of hydrogen-bond donors (Lipinski definition) is 2. The second kappa shape index (κ2) is 8.39. The zero-order chi connectivity index (χ0) is 14.3. The van der Waals surface area contributed by atoms with Gasteiger partial charge in [0, 0.05) is 5.75 Å². The maximum Gasteiger partial charge on any atom is 0.318 e. The zero-order valence-corrected chi connectivity index (χ0v) is 13.2. The number of carbonyl (C=O) groups excluding carboxylic acids is 2. The van der Waals surface area contributed by atoms with Crippen LogP contribution in [0.3, 0.4) is 0 Å². The van der Waals surface area contributed by atoms with E-state index in [0.717, 1.165) is 22.9 Å². The number of rotatable bonds is 7. The van der Waals surface area contributed by atoms with Gasteiger partial charge in [0.1, 0.15) is 0 Å². The highest BCUT2D eigenvalue weighted by molar-refractivity contribution is 8.03. The Morgan fingerprint density at radius 3 is 2.74 bits per heavy atom. The van der Waals surface area contributed by atoms with Gasteiger partial charge in [0.15, 0.2) is 8.68 Å². The molecule has 1 aromatic rings. The van der Waals surface area contributed by atoms with Crippen LogP contribution < -0.4 is 11.1 Å². The standard InChI is InChI=1S/C10H16N4O2S3/c1-3-4-5-17-9-13-14-10(19-9)18-6(2)7(15)12-8(11)16/h6H,3-5H2,1-2H3,(H3,11,12,15,16)/t6-/m0/s1. The predicted octanol–water partition coefficient (Wildman–Crippen LogP) is 2.11. The van der Waals surface area contributed by atoms with Gasteiger partial charge >= 0.3 is 6.03 Å². The van der Waals surface area contributed by atoms with E-state index in [1.807, 2.05) is 5.32 Å². The fourth-order valence-corrected chi connectivity index (χ4v) is 4.35. The van der Waals surface area contributed by atoms with Crippen LogP contribution in [0, 0.1) is 0 Å². The van der Waals surface area contributed by atoms with Crippen LogP contribution in [0.5, 0.6) is 0 Å². The summed E-state index contributed by atoms with van der Waals surface area (Å²) in [6.07, 6.45) is 2.29. The van der Waals surface area contributed by atoms with Crippen molar-refractivity contribution in [2.45, 2.75) is 40.6 Å². The third-order valence-corrected chi connectivity index (χ3v) is 5.33. The largest absolute Gasteiger partial charge is 0.351 e. The molecule has 0 aromatic carbocycles. The Morgan fingerprint density at radius 2 is 2.11 bits per heavy atom. The summed E-state index contributed by atoms with van der Waals surface area (Å²) in [7, 11) is 0. The summed E-state index contributed by atoms with van der Waals surface area (Å²) >= 11 is 4.39. The summed E-state index contributed by atoms with van der Waals surface area (Å²) in [4.78, 5) is 22.1. The Morgan fingerprint density at radius 1 is 1.42 bits per heavy atom. The van der Waals surface area contributed by atoms with Gasteiger partial charge in [-0.05, 0) is 13.3 Å². The quantitative estimate of drug-likeness (QED) is 0.590. The molecule has 0 spiro atoms. The molecule has 0 aliphatic carbocycles. The van der Waals surface area contributed by atoms with Crippen molar-refractivity contribution in [1.29, 1.82) is 0 Å². The lowest BCUT2D eigenvalue weighted by Crippen LogP contribution is -2.39. The summed E-state index contributed by atoms with van der Waals surface area (Å²) in [5.41, 5.74) is 4.89. The lowest BCUT2D eigenvalue weighted by molar-refractivity contribution is -0.119. The second-order valence-corrected chi connectivity index (χ2v) is 7.56. The second-order valence-electron chi connectivity index (χ2n) is 3.65. The molecule has 0 unspecified atom stereocenters. The minimum atomic E-state index is -0.842. The molecular formula is C10H16N4O2S3. The molecule has 0 fully saturated rings. The van der Waals surface area contributed by atoms with Crippen LogP contribution in [0.15, 0.2) is 8.68 Å². The molecule has 19 heavy (non-hydrogen) atoms. The average Bonchev–Trinajstić information content (AvgIpc) is 2.76. The highest BCUT2D eigenvalue weighted by Crippen LogP contribution is 2.31. The monoisotopic (exact) mass is 320 g/mol. The number of hydrogen-bond acceptors (Lipinski definition) is 7. The number of nitrogens with one attached hydrogen (secondary N) is 1. The van der Waals surface area contributed by atoms with Crippen LogP contribution >= 0.6 is 34.9 Å². The molecule has 6 nitrogen and oxygen atoms in total. The first-order valence-corrected chi connectivity index (χ1v) is 8.44. The number of imide groups is 1. The molecule has 106 valence electrons. The number of thioether (sulfide) groups is 2. The molecule has 0 saturated heterocycles. The summed E-state index contributed by atoms with van der Waals surface area (Å²) in [6.45, 7) is 3.83. The molecule has 0 aliphatic rings. The van der Waals surface area contributed by atoms with E-state index in [-0.39, 0.29) is 0 Å². The summed E-state index contributed by atoms with van der Waals surface area (Å²) < 4.78 is 1.62. The van der Waals surface area contributed by atoms with E-state index in [4.69, 9.17) is 5.73 Å². The van der Waals surface area contributed by atoms with Crippen LogP contribution in [0.2, 0.25) is 0 Å². The molecule has 9 heteroatoms. The molecular weight excluding hydrogens is 304 g/mol. The van der Waals surface area contributed by atoms with Crippen molar-refractivity contribution in [1.82, 2.24) is 15.5 Å². The highest BCUT2D eigenvalue weighted by atomic mass is 32.2. The van der Waals surface area contributed by atoms with Gasteiger partial charge in [0.05, 0.1) is 5.25 Å². The van der Waals surface area contributed by atoms with Gasteiger partial charge < -0.3 is 5.73 Å². The van der Waals surface area contributed by atoms with Gasteiger partial charge in [0.25, 0.3) is 0 Å². The third-order valence-electron chi connectivity index (χ3n) is 2.00. The number of aromatic nitrogens is 2. The number of urea groups is 1. The molecule has 0 bridgehead atoms. The van der Waals surface area contributed by atoms with Gasteiger partial charge in [0.2, 0.25) is 5.91 Å². The number of amides is 3. The first kappa shape index (κ1) is 16.3. The van der Waals surface area contributed by atoms with E-state index in [1.54, 1.807) is 18.7 Å². The van der Waals surface area contributed by atoms with Crippen molar-refractivity contribution in [3.8, 4) is 0 Å². The van der Waals surface area contributed by atoms with Gasteiger partial charge in [-0.1, -0.05) is 48.2 Å². The highest BCUT2D eigenvalue weighted by Gasteiger charge is 2.18. The van der Waals surface area contributed by atoms with Crippen LogP contribution in [-0.4, -0.2) is 33.1 Å². The number of unbranched alkanes of at least 4 members (excludes halogenated alkanes) is 1. The minimum Gasteiger partial charge on any atom is -0.351 e. The number of nitrogens with two attached hydrogens (primary N) is 1. The van der Waals surface area contributed by atoms with Gasteiger partial charge in [-0.2, -0.15) is 0 Å². The smallest absolute Gasteiger partial charge is 0.318 e. The zero-order valence-electron chi connectivity index (χ0n) is 10.7. The van der Waals surface area contributed by atoms with Crippen LogP contribution in [-0.2, 0) is 4.79 Å². The van der Waals surface area contributed by atoms with Gasteiger partial charge in [-0.3, -0.25) is 10.1 Å². The Kier molecular flexibility index (Phi) is 7.17. The van der Waals surface area contributed by atoms with E-state index < -0.39 is 17.2 Å². The van der Waals surface area contributed by atoms with Crippen molar-refractivity contribution in [3.63, 3.8) is 0 Å². The SMILES string of the molecule is CCCCSc1nnc(S[C@@H](C)C(=O)NC(N)=O)s1. The molecule has 3 amide bonds. The van der Waals surface area contributed by atoms with E-state index in [2.05, 4.69) is 17.1 Å². The maximum absolute atomic E-state index is 11.5. The van der Waals surface area contributed by atoms with Gasteiger partial charge in [-0.15, -0.1) is 10.2 Å². The van der Waals surface area contributed by atoms with Gasteiger partial charge in [-0.25, -0.2) is 4.79 Å². The molecule has 1 rings (SSSR count). The Labute approximate surface area is 124 Å². The minimum absolute atomic E-state index is 0.423. The van der Waals surface area contributed by atoms with Crippen LogP contribution in [0.25, 0.3) is 0 Å². The Hall–Kier alpha value is -0.800. The van der Waals surface area contributed by atoms with Crippen molar-refractivity contribution < 1.29 is 9.59 Å². The molecule has 1 heterocycles. The fourth-order valence-electron chi connectivity index (χ4n) is 1.03. The van der Waals surface area contributed by atoms with Crippen molar-refractivity contribution in [2.75, 3.05) is 5.75 Å². The number of primary amides is 1. The van der Waals surface area contributed by atoms with E-state index >= 15 is 0 Å². The van der Waals surface area contributed by atoms with Crippen LogP contribution in [0.1, 0.15) is 26.7 Å². The molecule has 0 saturated carbocycles. The number of carbonyl (C=O) groups is 2. The lowest BCUT2D eigenvalue weighted by atomic mass is 10.4. The lowest BCUT2D eigenvalue weighted by Gasteiger charge is -2.06. The summed E-state index contributed by atoms with van der Waals surface area (Å²) in [5.74, 6) is 0.598. The molecule has 3 N–H and O–H groups in total. The van der Waals surface area contributed by atoms with Crippen LogP contribution in [0.4, 0.5) is 4.79 Å². The molecule has 0 radical (unpaired) electrons. The molecule has 1 aromatic heterocycles. The summed E-state index contributed by atoms with van der Waals surface area (Å²) in [6, 6.07) is -0.842. The predicted molar refractivity (Wildman–Crippen MR) is 78.6 cm³/mol. The third kappa shape index (κ3) is 6.26. The van der Waals surface area contributed by atoms with Crippen molar-refractivity contribution >= 4 is 46.8 Å². The Balaban J connectivity index is 2.44. The topological polar surface area (TPSA) is 98.0 Å². The van der Waals surface area contributed by atoms with E-state index in [9.17, 15) is 9.59 Å². The van der Waals surface area contributed by atoms with Crippen molar-refractivity contribution in [3.05, 3.63) is 0 Å². The molecule has 0 aliphatic heterocycles. The first-order valence-electron chi connectivity index (χ1n) is 5.76. The first-order chi connectivity index (χ1) is 9.02. The van der Waals surface area contributed by atoms with E-state index in [0.29, 0.717) is 4.34 Å². The average molecular weight is 320 g/mol. The maximum atomic E-state index is 11.5. The van der Waals surface area contributed by atoms with E-state index in [1.165, 1.54) is 23.1 Å². The normalized spacial score (nSPS) is 12.1. The Bertz CT molecular complexity index is 438. The fraction of sp³-hybridized carbons (Fsp3) is 0.600. The molecule has 1 atom stereocenters. The van der Waals surface area contributed by atoms with Crippen molar-refractivity contribution in [2.24, 2.45) is 5.73 Å².